The van der Waals surface area contributed by atoms with Gasteiger partial charge in [-0.05, 0) is 12.5 Å². The number of morpholine rings is 1. The fourth-order valence-corrected chi connectivity index (χ4v) is 4.41. The van der Waals surface area contributed by atoms with Gasteiger partial charge in [-0.2, -0.15) is 13.8 Å². The molecule has 2 aromatic rings. The van der Waals surface area contributed by atoms with Crippen molar-refractivity contribution in [3.63, 3.8) is 0 Å². The van der Waals surface area contributed by atoms with E-state index in [9.17, 15) is 13.2 Å². The van der Waals surface area contributed by atoms with E-state index in [1.165, 1.54) is 12.3 Å². The molecule has 0 aliphatic carbocycles. The number of nitrogens with zero attached hydrogens (tertiary/aromatic N) is 5. The summed E-state index contributed by atoms with van der Waals surface area (Å²) in [6.07, 6.45) is 1.58. The molecule has 0 spiro atoms. The fourth-order valence-electron chi connectivity index (χ4n) is 4.41. The Morgan fingerprint density at radius 3 is 2.71 bits per heavy atom. The van der Waals surface area contributed by atoms with Gasteiger partial charge in [-0.15, -0.1) is 0 Å². The van der Waals surface area contributed by atoms with Crippen molar-refractivity contribution < 1.29 is 22.6 Å². The van der Waals surface area contributed by atoms with Crippen molar-refractivity contribution >= 4 is 17.6 Å². The number of hydrogen-bond donors (Lipinski definition) is 1. The fraction of sp³-hybridized carbons (Fsp3) is 0.550. The molecule has 3 aliphatic heterocycles. The van der Waals surface area contributed by atoms with Gasteiger partial charge in [-0.25, -0.2) is 14.4 Å². The van der Waals surface area contributed by atoms with Crippen LogP contribution < -0.4 is 20.3 Å². The molecule has 3 aliphatic rings. The van der Waals surface area contributed by atoms with E-state index in [1.54, 1.807) is 6.07 Å². The zero-order valence-corrected chi connectivity index (χ0v) is 16.9. The highest BCUT2D eigenvalue weighted by Gasteiger charge is 2.40. The first-order valence-electron chi connectivity index (χ1n) is 10.2. The van der Waals surface area contributed by atoms with Crippen molar-refractivity contribution in [2.45, 2.75) is 38.3 Å². The lowest BCUT2D eigenvalue weighted by Crippen LogP contribution is -2.38. The Kier molecular flexibility index (Phi) is 4.99. The number of pyridine rings is 1. The number of anilines is 3. The maximum atomic E-state index is 14.2. The predicted octanol–water partition coefficient (Wildman–Crippen LogP) is 2.49. The molecule has 5 heterocycles. The highest BCUT2D eigenvalue weighted by molar-refractivity contribution is 5.68. The van der Waals surface area contributed by atoms with Crippen molar-refractivity contribution in [3.8, 4) is 17.0 Å². The first kappa shape index (κ1) is 20.1. The molecule has 0 aromatic carbocycles. The minimum Gasteiger partial charge on any atom is -0.431 e. The zero-order chi connectivity index (χ0) is 21.7. The third-order valence-electron chi connectivity index (χ3n) is 6.09. The molecule has 0 saturated carbocycles. The van der Waals surface area contributed by atoms with E-state index >= 15 is 0 Å². The van der Waals surface area contributed by atoms with Gasteiger partial charge in [0.2, 0.25) is 5.95 Å². The number of rotatable bonds is 5. The summed E-state index contributed by atoms with van der Waals surface area (Å²) >= 11 is 0. The zero-order valence-electron chi connectivity index (χ0n) is 16.9. The molecule has 4 atom stereocenters. The minimum atomic E-state index is -3.02. The van der Waals surface area contributed by atoms with Crippen molar-refractivity contribution in [1.29, 1.82) is 0 Å². The molecular weight excluding hydrogens is 413 g/mol. The summed E-state index contributed by atoms with van der Waals surface area (Å²) < 4.78 is 49.8. The van der Waals surface area contributed by atoms with Crippen molar-refractivity contribution in [2.75, 3.05) is 41.8 Å². The minimum absolute atomic E-state index is 0.129. The molecule has 11 heteroatoms. The standard InChI is InChI=1S/C20H23F3N6O2/c1-10-6-28(8-14(10)21)20-26-15(11-2-16(31-19(22)23)18(24)25-5-11)4-17(27-20)29-7-13-3-12(29)9-30-13/h2,4-5,10,12-14,19H,3,6-9H2,1H3,(H2,24,25)/t10-,12-,13-,14+/m0/s1. The van der Waals surface area contributed by atoms with E-state index in [4.69, 9.17) is 15.5 Å². The molecular formula is C20H23F3N6O2. The second-order valence-electron chi connectivity index (χ2n) is 8.29. The van der Waals surface area contributed by atoms with Gasteiger partial charge in [0.25, 0.3) is 0 Å². The van der Waals surface area contributed by atoms with Crippen molar-refractivity contribution in [1.82, 2.24) is 15.0 Å². The van der Waals surface area contributed by atoms with E-state index in [1.807, 2.05) is 11.8 Å². The maximum absolute atomic E-state index is 14.2. The quantitative estimate of drug-likeness (QED) is 0.765. The van der Waals surface area contributed by atoms with Gasteiger partial charge in [-0.3, -0.25) is 0 Å². The lowest BCUT2D eigenvalue weighted by atomic mass is 10.1. The van der Waals surface area contributed by atoms with Crippen molar-refractivity contribution in [3.05, 3.63) is 18.3 Å². The summed E-state index contributed by atoms with van der Waals surface area (Å²) in [7, 11) is 0. The third kappa shape index (κ3) is 3.82. The molecule has 2 aromatic heterocycles. The molecule has 8 nitrogen and oxygen atoms in total. The van der Waals surface area contributed by atoms with Crippen LogP contribution >= 0.6 is 0 Å². The number of aromatic nitrogens is 3. The Labute approximate surface area is 177 Å². The molecule has 0 unspecified atom stereocenters. The van der Waals surface area contributed by atoms with E-state index in [2.05, 4.69) is 19.6 Å². The summed E-state index contributed by atoms with van der Waals surface area (Å²) in [4.78, 5) is 17.3. The summed E-state index contributed by atoms with van der Waals surface area (Å²) in [5.41, 5.74) is 6.61. The van der Waals surface area contributed by atoms with Crippen LogP contribution in [0.5, 0.6) is 5.75 Å². The van der Waals surface area contributed by atoms with Gasteiger partial charge >= 0.3 is 6.61 Å². The van der Waals surface area contributed by atoms with Gasteiger partial charge in [0.05, 0.1) is 31.0 Å². The van der Waals surface area contributed by atoms with Gasteiger partial charge in [0.15, 0.2) is 11.6 Å². The number of nitrogen functional groups attached to an aromatic ring is 1. The van der Waals surface area contributed by atoms with Crippen LogP contribution in [-0.4, -0.2) is 66.1 Å². The van der Waals surface area contributed by atoms with Crippen LogP contribution in [0.4, 0.5) is 30.8 Å². The van der Waals surface area contributed by atoms with Gasteiger partial charge in [0.1, 0.15) is 12.0 Å². The molecule has 2 bridgehead atoms. The summed E-state index contributed by atoms with van der Waals surface area (Å²) in [6.45, 7) is 0.871. The Bertz CT molecular complexity index is 970. The van der Waals surface area contributed by atoms with E-state index in [0.717, 1.165) is 6.42 Å². The second kappa shape index (κ2) is 7.70. The SMILES string of the molecule is C[C@H]1CN(c2nc(-c3cnc(N)c(OC(F)F)c3)cc(N3C[C@@H]4C[C@H]3CO4)n2)C[C@H]1F. The van der Waals surface area contributed by atoms with Gasteiger partial charge in [0, 0.05) is 36.8 Å². The smallest absolute Gasteiger partial charge is 0.387 e. The molecule has 5 rings (SSSR count). The number of halogens is 3. The Hall–Kier alpha value is -2.82. The van der Waals surface area contributed by atoms with Crippen molar-refractivity contribution in [2.24, 2.45) is 5.92 Å². The topological polar surface area (TPSA) is 89.6 Å². The third-order valence-corrected chi connectivity index (χ3v) is 6.09. The number of nitrogens with two attached hydrogens (primary N) is 1. The van der Waals surface area contributed by atoms with Gasteiger partial charge < -0.3 is 25.0 Å². The normalized spacial score (nSPS) is 27.5. The predicted molar refractivity (Wildman–Crippen MR) is 108 cm³/mol. The molecule has 3 fully saturated rings. The maximum Gasteiger partial charge on any atom is 0.387 e. The number of ether oxygens (including phenoxy) is 2. The molecule has 3 saturated heterocycles. The van der Waals surface area contributed by atoms with Crippen LogP contribution in [0, 0.1) is 5.92 Å². The number of alkyl halides is 3. The summed E-state index contributed by atoms with van der Waals surface area (Å²) in [5, 5.41) is 0. The van der Waals surface area contributed by atoms with Crippen LogP contribution in [-0.2, 0) is 4.74 Å². The monoisotopic (exact) mass is 436 g/mol. The van der Waals surface area contributed by atoms with Crippen LogP contribution in [0.3, 0.4) is 0 Å². The average Bonchev–Trinajstić information content (AvgIpc) is 3.45. The average molecular weight is 436 g/mol. The first-order valence-corrected chi connectivity index (χ1v) is 10.2. The molecule has 166 valence electrons. The second-order valence-corrected chi connectivity index (χ2v) is 8.29. The molecule has 0 radical (unpaired) electrons. The molecule has 2 N–H and O–H groups in total. The van der Waals surface area contributed by atoms with E-state index < -0.39 is 12.8 Å². The summed E-state index contributed by atoms with van der Waals surface area (Å²) in [6, 6.07) is 3.39. The number of fused-ring (bicyclic) bond motifs is 2. The van der Waals surface area contributed by atoms with Crippen LogP contribution in [0.1, 0.15) is 13.3 Å². The van der Waals surface area contributed by atoms with E-state index in [0.29, 0.717) is 42.7 Å². The van der Waals surface area contributed by atoms with Crippen LogP contribution in [0.2, 0.25) is 0 Å². The Morgan fingerprint density at radius 1 is 1.23 bits per heavy atom. The lowest BCUT2D eigenvalue weighted by Gasteiger charge is -2.29. The molecule has 31 heavy (non-hydrogen) atoms. The Morgan fingerprint density at radius 2 is 2.06 bits per heavy atom. The van der Waals surface area contributed by atoms with Crippen LogP contribution in [0.15, 0.2) is 18.3 Å². The van der Waals surface area contributed by atoms with E-state index in [-0.39, 0.29) is 36.2 Å². The van der Waals surface area contributed by atoms with Gasteiger partial charge in [-0.1, -0.05) is 6.92 Å². The van der Waals surface area contributed by atoms with Crippen LogP contribution in [0.25, 0.3) is 11.3 Å². The highest BCUT2D eigenvalue weighted by Crippen LogP contribution is 2.36. The summed E-state index contributed by atoms with van der Waals surface area (Å²) in [5.74, 6) is 0.606. The highest BCUT2D eigenvalue weighted by atomic mass is 19.3. The number of hydrogen-bond acceptors (Lipinski definition) is 8. The lowest BCUT2D eigenvalue weighted by molar-refractivity contribution is -0.0494. The largest absolute Gasteiger partial charge is 0.431 e. The Balaban J connectivity index is 1.55. The molecule has 0 amide bonds. The first-order chi connectivity index (χ1) is 14.9.